The minimum atomic E-state index is -0.699. The van der Waals surface area contributed by atoms with Crippen molar-refractivity contribution >= 4 is 10.8 Å². The molecule has 1 atom stereocenters. The van der Waals surface area contributed by atoms with E-state index in [1.807, 2.05) is 0 Å². The molecule has 1 heterocycles. The van der Waals surface area contributed by atoms with Gasteiger partial charge in [-0.25, -0.2) is 0 Å². The fraction of sp³-hybridized carbons (Fsp3) is 1.00. The van der Waals surface area contributed by atoms with Crippen molar-refractivity contribution in [3.05, 3.63) is 0 Å². The van der Waals surface area contributed by atoms with Crippen LogP contribution < -0.4 is 0 Å². The van der Waals surface area contributed by atoms with Gasteiger partial charge in [-0.2, -0.15) is 0 Å². The lowest BCUT2D eigenvalue weighted by Crippen LogP contribution is -2.54. The molecule has 1 unspecified atom stereocenters. The van der Waals surface area contributed by atoms with Gasteiger partial charge in [-0.15, -0.1) is 0 Å². The Bertz CT molecular complexity index is 252. The van der Waals surface area contributed by atoms with Crippen LogP contribution in [0.4, 0.5) is 0 Å². The highest BCUT2D eigenvalue weighted by atomic mass is 32.2. The minimum Gasteiger partial charge on any atom is -0.355 e. The average Bonchev–Trinajstić information content (AvgIpc) is 2.38. The van der Waals surface area contributed by atoms with E-state index >= 15 is 0 Å². The van der Waals surface area contributed by atoms with Gasteiger partial charge in [-0.1, -0.05) is 13.8 Å². The predicted octanol–water partition coefficient (Wildman–Crippen LogP) is 1.23. The Hall–Kier alpha value is 0.0300. The summed E-state index contributed by atoms with van der Waals surface area (Å²) in [4.78, 5) is 2.31. The number of hydrogen-bond donors (Lipinski definition) is 0. The van der Waals surface area contributed by atoms with Crippen LogP contribution in [0.25, 0.3) is 0 Å². The summed E-state index contributed by atoms with van der Waals surface area (Å²) in [5.74, 6) is 0.766. The molecule has 0 aliphatic carbocycles. The van der Waals surface area contributed by atoms with E-state index < -0.39 is 10.8 Å². The molecule has 0 amide bonds. The summed E-state index contributed by atoms with van der Waals surface area (Å²) in [7, 11) is 2.61. The van der Waals surface area contributed by atoms with Gasteiger partial charge in [0.25, 0.3) is 0 Å². The van der Waals surface area contributed by atoms with Crippen LogP contribution in [-0.4, -0.2) is 59.8 Å². The highest BCUT2D eigenvalue weighted by Gasteiger charge is 2.39. The first-order valence-electron chi connectivity index (χ1n) is 6.28. The number of rotatable bonds is 6. The van der Waals surface area contributed by atoms with E-state index in [4.69, 9.17) is 9.47 Å². The molecule has 0 aromatic carbocycles. The average molecular weight is 263 g/mol. The van der Waals surface area contributed by atoms with Crippen molar-refractivity contribution < 1.29 is 13.7 Å². The number of ether oxygens (including phenoxy) is 2. The fourth-order valence-electron chi connectivity index (χ4n) is 2.39. The molecule has 0 saturated carbocycles. The Morgan fingerprint density at radius 1 is 1.29 bits per heavy atom. The first kappa shape index (κ1) is 15.1. The molecule has 1 aliphatic heterocycles. The molecule has 17 heavy (non-hydrogen) atoms. The number of methoxy groups -OCH3 is 2. The molecule has 1 fully saturated rings. The third kappa shape index (κ3) is 3.50. The third-order valence-corrected chi connectivity index (χ3v) is 6.04. The molecular weight excluding hydrogens is 238 g/mol. The fourth-order valence-corrected chi connectivity index (χ4v) is 4.22. The predicted molar refractivity (Wildman–Crippen MR) is 70.6 cm³/mol. The maximum absolute atomic E-state index is 12.2. The Morgan fingerprint density at radius 3 is 2.35 bits per heavy atom. The van der Waals surface area contributed by atoms with E-state index in [0.29, 0.717) is 0 Å². The van der Waals surface area contributed by atoms with Crippen LogP contribution in [0.3, 0.4) is 0 Å². The largest absolute Gasteiger partial charge is 0.355 e. The van der Waals surface area contributed by atoms with Crippen LogP contribution in [0.5, 0.6) is 0 Å². The van der Waals surface area contributed by atoms with Crippen LogP contribution >= 0.6 is 0 Å². The minimum absolute atomic E-state index is 0.0374. The molecule has 0 spiro atoms. The van der Waals surface area contributed by atoms with Crippen LogP contribution in [0.2, 0.25) is 0 Å². The van der Waals surface area contributed by atoms with E-state index in [-0.39, 0.29) is 11.0 Å². The standard InChI is InChI=1S/C12H25NO3S/c1-5-12(6-2)10-13(7-8-17(12)14)9-11(15-3)16-4/h11H,5-10H2,1-4H3. The molecule has 0 N–H and O–H groups in total. The third-order valence-electron chi connectivity index (χ3n) is 3.81. The highest BCUT2D eigenvalue weighted by Crippen LogP contribution is 2.28. The normalized spacial score (nSPS) is 25.4. The summed E-state index contributed by atoms with van der Waals surface area (Å²) in [5.41, 5.74) is 0. The van der Waals surface area contributed by atoms with E-state index in [1.54, 1.807) is 14.2 Å². The van der Waals surface area contributed by atoms with Crippen LogP contribution in [0, 0.1) is 0 Å². The lowest BCUT2D eigenvalue weighted by atomic mass is 10.0. The van der Waals surface area contributed by atoms with Crippen LogP contribution in [0.15, 0.2) is 0 Å². The topological polar surface area (TPSA) is 38.8 Å². The zero-order valence-electron chi connectivity index (χ0n) is 11.4. The van der Waals surface area contributed by atoms with E-state index in [0.717, 1.165) is 38.2 Å². The van der Waals surface area contributed by atoms with Crippen molar-refractivity contribution in [2.75, 3.05) is 39.6 Å². The zero-order valence-corrected chi connectivity index (χ0v) is 12.2. The van der Waals surface area contributed by atoms with Crippen molar-refractivity contribution in [1.82, 2.24) is 4.90 Å². The Balaban J connectivity index is 2.63. The molecule has 0 radical (unpaired) electrons. The molecular formula is C12H25NO3S. The van der Waals surface area contributed by atoms with Gasteiger partial charge in [0, 0.05) is 50.4 Å². The molecule has 1 saturated heterocycles. The first-order chi connectivity index (χ1) is 8.11. The van der Waals surface area contributed by atoms with Gasteiger partial charge < -0.3 is 9.47 Å². The zero-order chi connectivity index (χ0) is 12.9. The second kappa shape index (κ2) is 6.83. The van der Waals surface area contributed by atoms with Gasteiger partial charge in [0.15, 0.2) is 6.29 Å². The molecule has 1 rings (SSSR count). The summed E-state index contributed by atoms with van der Waals surface area (Å²) in [6.07, 6.45) is 1.75. The maximum atomic E-state index is 12.2. The van der Waals surface area contributed by atoms with Gasteiger partial charge >= 0.3 is 0 Å². The van der Waals surface area contributed by atoms with Crippen molar-refractivity contribution in [2.24, 2.45) is 0 Å². The SMILES string of the molecule is CCC1(CC)CN(CC(OC)OC)CCS1=O. The monoisotopic (exact) mass is 263 g/mol. The summed E-state index contributed by atoms with van der Waals surface area (Å²) in [5, 5.41) is 0. The number of hydrogen-bond acceptors (Lipinski definition) is 4. The first-order valence-corrected chi connectivity index (χ1v) is 7.60. The van der Waals surface area contributed by atoms with E-state index in [1.165, 1.54) is 0 Å². The van der Waals surface area contributed by atoms with Crippen molar-refractivity contribution in [3.8, 4) is 0 Å². The van der Waals surface area contributed by atoms with Crippen molar-refractivity contribution in [2.45, 2.75) is 37.7 Å². The van der Waals surface area contributed by atoms with Crippen LogP contribution in [-0.2, 0) is 20.3 Å². The van der Waals surface area contributed by atoms with Gasteiger partial charge in [-0.05, 0) is 12.8 Å². The van der Waals surface area contributed by atoms with E-state index in [2.05, 4.69) is 18.7 Å². The van der Waals surface area contributed by atoms with Crippen LogP contribution in [0.1, 0.15) is 26.7 Å². The lowest BCUT2D eigenvalue weighted by Gasteiger charge is -2.41. The van der Waals surface area contributed by atoms with E-state index in [9.17, 15) is 4.21 Å². The Labute approximate surface area is 107 Å². The highest BCUT2D eigenvalue weighted by molar-refractivity contribution is 7.86. The summed E-state index contributed by atoms with van der Waals surface area (Å²) in [6.45, 7) is 6.78. The second-order valence-corrected chi connectivity index (χ2v) is 6.54. The molecule has 0 aromatic heterocycles. The Kier molecular flexibility index (Phi) is 6.06. The molecule has 5 heteroatoms. The maximum Gasteiger partial charge on any atom is 0.169 e. The quantitative estimate of drug-likeness (QED) is 0.676. The number of nitrogens with zero attached hydrogens (tertiary/aromatic N) is 1. The Morgan fingerprint density at radius 2 is 1.88 bits per heavy atom. The van der Waals surface area contributed by atoms with Crippen molar-refractivity contribution in [1.29, 1.82) is 0 Å². The van der Waals surface area contributed by atoms with Gasteiger partial charge in [-0.3, -0.25) is 9.11 Å². The summed E-state index contributed by atoms with van der Waals surface area (Å²) in [6, 6.07) is 0. The van der Waals surface area contributed by atoms with Crippen molar-refractivity contribution in [3.63, 3.8) is 0 Å². The molecule has 102 valence electrons. The van der Waals surface area contributed by atoms with Gasteiger partial charge in [0.1, 0.15) is 0 Å². The lowest BCUT2D eigenvalue weighted by molar-refractivity contribution is -0.116. The molecule has 0 bridgehead atoms. The molecule has 0 aromatic rings. The van der Waals surface area contributed by atoms with Gasteiger partial charge in [0.05, 0.1) is 4.75 Å². The summed E-state index contributed by atoms with van der Waals surface area (Å²) < 4.78 is 22.6. The second-order valence-electron chi connectivity index (χ2n) is 4.58. The molecule has 4 nitrogen and oxygen atoms in total. The molecule has 1 aliphatic rings. The van der Waals surface area contributed by atoms with Gasteiger partial charge in [0.2, 0.25) is 0 Å². The summed E-state index contributed by atoms with van der Waals surface area (Å²) >= 11 is 0. The smallest absolute Gasteiger partial charge is 0.169 e.